The number of aromatic nitrogens is 2. The van der Waals surface area contributed by atoms with Crippen molar-refractivity contribution in [2.45, 2.75) is 52.2 Å². The molecule has 0 aromatic carbocycles. The largest absolute Gasteiger partial charge is 0.475 e. The molecule has 0 amide bonds. The Kier molecular flexibility index (Phi) is 4.96. The first kappa shape index (κ1) is 14.1. The summed E-state index contributed by atoms with van der Waals surface area (Å²) in [4.78, 5) is 8.72. The number of nitrogens with zero attached hydrogens (tertiary/aromatic N) is 2. The summed E-state index contributed by atoms with van der Waals surface area (Å²) in [6, 6.07) is 2.64. The number of anilines is 1. The van der Waals surface area contributed by atoms with Gasteiger partial charge in [-0.3, -0.25) is 0 Å². The maximum Gasteiger partial charge on any atom is 0.226 e. The Balaban J connectivity index is 1.75. The molecule has 1 aromatic heterocycles. The number of hydrogen-bond donors (Lipinski definition) is 2. The van der Waals surface area contributed by atoms with E-state index < -0.39 is 0 Å². The van der Waals surface area contributed by atoms with Gasteiger partial charge < -0.3 is 15.4 Å². The molecule has 1 aliphatic rings. The van der Waals surface area contributed by atoms with Crippen LogP contribution in [0.15, 0.2) is 6.07 Å². The van der Waals surface area contributed by atoms with Gasteiger partial charge in [0.05, 0.1) is 6.10 Å². The van der Waals surface area contributed by atoms with Gasteiger partial charge >= 0.3 is 0 Å². The first-order chi connectivity index (χ1) is 9.13. The molecule has 0 radical (unpaired) electrons. The second kappa shape index (κ2) is 6.70. The average molecular weight is 264 g/mol. The first-order valence-corrected chi connectivity index (χ1v) is 7.13. The SMILES string of the molecule is Cc1cc(OC(C)C)nc(NCCCNC2CC2)n1. The van der Waals surface area contributed by atoms with Crippen LogP contribution in [0, 0.1) is 6.92 Å². The van der Waals surface area contributed by atoms with Crippen LogP contribution in [-0.2, 0) is 0 Å². The van der Waals surface area contributed by atoms with Gasteiger partial charge in [0.15, 0.2) is 0 Å². The van der Waals surface area contributed by atoms with Gasteiger partial charge in [-0.25, -0.2) is 4.98 Å². The van der Waals surface area contributed by atoms with E-state index in [1.165, 1.54) is 12.8 Å². The normalized spacial score (nSPS) is 14.7. The van der Waals surface area contributed by atoms with E-state index in [0.717, 1.165) is 31.2 Å². The van der Waals surface area contributed by atoms with Gasteiger partial charge in [0, 0.05) is 24.3 Å². The topological polar surface area (TPSA) is 59.1 Å². The Morgan fingerprint density at radius 3 is 2.79 bits per heavy atom. The van der Waals surface area contributed by atoms with E-state index in [2.05, 4.69) is 20.6 Å². The minimum atomic E-state index is 0.130. The van der Waals surface area contributed by atoms with Gasteiger partial charge in [0.25, 0.3) is 0 Å². The molecule has 1 heterocycles. The highest BCUT2D eigenvalue weighted by atomic mass is 16.5. The standard InChI is InChI=1S/C14H24N4O/c1-10(2)19-13-9-11(3)17-14(18-13)16-8-4-7-15-12-5-6-12/h9-10,12,15H,4-8H2,1-3H3,(H,16,17,18). The van der Waals surface area contributed by atoms with Crippen molar-refractivity contribution in [3.63, 3.8) is 0 Å². The summed E-state index contributed by atoms with van der Waals surface area (Å²) in [5.74, 6) is 1.29. The molecule has 19 heavy (non-hydrogen) atoms. The van der Waals surface area contributed by atoms with E-state index in [1.807, 2.05) is 26.8 Å². The van der Waals surface area contributed by atoms with Gasteiger partial charge in [-0.15, -0.1) is 0 Å². The fourth-order valence-corrected chi connectivity index (χ4v) is 1.80. The van der Waals surface area contributed by atoms with Crippen LogP contribution in [0.5, 0.6) is 5.88 Å². The third-order valence-corrected chi connectivity index (χ3v) is 2.83. The van der Waals surface area contributed by atoms with E-state index in [0.29, 0.717) is 11.8 Å². The van der Waals surface area contributed by atoms with E-state index in [1.54, 1.807) is 0 Å². The van der Waals surface area contributed by atoms with Crippen LogP contribution in [0.2, 0.25) is 0 Å². The summed E-state index contributed by atoms with van der Waals surface area (Å²) in [6.45, 7) is 7.88. The van der Waals surface area contributed by atoms with Crippen LogP contribution in [0.4, 0.5) is 5.95 Å². The lowest BCUT2D eigenvalue weighted by Gasteiger charge is -2.11. The lowest BCUT2D eigenvalue weighted by atomic mass is 10.4. The monoisotopic (exact) mass is 264 g/mol. The quantitative estimate of drug-likeness (QED) is 0.704. The molecule has 0 unspecified atom stereocenters. The van der Waals surface area contributed by atoms with Gasteiger partial charge in [0.1, 0.15) is 0 Å². The highest BCUT2D eigenvalue weighted by molar-refractivity contribution is 5.30. The molecule has 1 saturated carbocycles. The maximum absolute atomic E-state index is 5.60. The summed E-state index contributed by atoms with van der Waals surface area (Å²) < 4.78 is 5.60. The van der Waals surface area contributed by atoms with Gasteiger partial charge in [0.2, 0.25) is 11.8 Å². The summed E-state index contributed by atoms with van der Waals surface area (Å²) in [7, 11) is 0. The Morgan fingerprint density at radius 2 is 2.11 bits per heavy atom. The number of nitrogens with one attached hydrogen (secondary N) is 2. The molecular weight excluding hydrogens is 240 g/mol. The van der Waals surface area contributed by atoms with Crippen LogP contribution >= 0.6 is 0 Å². The molecule has 1 aliphatic carbocycles. The van der Waals surface area contributed by atoms with Crippen LogP contribution < -0.4 is 15.4 Å². The van der Waals surface area contributed by atoms with Crippen molar-refractivity contribution >= 4 is 5.95 Å². The van der Waals surface area contributed by atoms with Crippen molar-refractivity contribution < 1.29 is 4.74 Å². The van der Waals surface area contributed by atoms with E-state index in [-0.39, 0.29) is 6.10 Å². The van der Waals surface area contributed by atoms with E-state index in [9.17, 15) is 0 Å². The molecule has 0 bridgehead atoms. The minimum absolute atomic E-state index is 0.130. The Hall–Kier alpha value is -1.36. The number of rotatable bonds is 8. The Labute approximate surface area is 115 Å². The molecule has 5 nitrogen and oxygen atoms in total. The maximum atomic E-state index is 5.60. The lowest BCUT2D eigenvalue weighted by Crippen LogP contribution is -2.20. The second-order valence-corrected chi connectivity index (χ2v) is 5.35. The van der Waals surface area contributed by atoms with Crippen LogP contribution in [0.1, 0.15) is 38.8 Å². The van der Waals surface area contributed by atoms with Crippen LogP contribution in [0.3, 0.4) is 0 Å². The zero-order valence-corrected chi connectivity index (χ0v) is 12.1. The predicted octanol–water partition coefficient (Wildman–Crippen LogP) is 2.13. The van der Waals surface area contributed by atoms with Crippen molar-refractivity contribution in [2.75, 3.05) is 18.4 Å². The molecular formula is C14H24N4O. The lowest BCUT2D eigenvalue weighted by molar-refractivity contribution is 0.232. The fraction of sp³-hybridized carbons (Fsp3) is 0.714. The van der Waals surface area contributed by atoms with E-state index in [4.69, 9.17) is 4.74 Å². The molecule has 0 atom stereocenters. The zero-order valence-electron chi connectivity index (χ0n) is 12.1. The fourth-order valence-electron chi connectivity index (χ4n) is 1.80. The Morgan fingerprint density at radius 1 is 1.32 bits per heavy atom. The smallest absolute Gasteiger partial charge is 0.226 e. The van der Waals surface area contributed by atoms with E-state index >= 15 is 0 Å². The molecule has 0 aliphatic heterocycles. The summed E-state index contributed by atoms with van der Waals surface area (Å²) >= 11 is 0. The molecule has 1 aromatic rings. The summed E-state index contributed by atoms with van der Waals surface area (Å²) in [5.41, 5.74) is 0.921. The third-order valence-electron chi connectivity index (χ3n) is 2.83. The predicted molar refractivity (Wildman–Crippen MR) is 76.7 cm³/mol. The first-order valence-electron chi connectivity index (χ1n) is 7.13. The summed E-state index contributed by atoms with van der Waals surface area (Å²) in [5, 5.41) is 6.74. The Bertz CT molecular complexity index is 404. The molecule has 2 N–H and O–H groups in total. The zero-order chi connectivity index (χ0) is 13.7. The number of ether oxygens (including phenoxy) is 1. The van der Waals surface area contributed by atoms with Crippen LogP contribution in [-0.4, -0.2) is 35.2 Å². The highest BCUT2D eigenvalue weighted by Gasteiger charge is 2.19. The second-order valence-electron chi connectivity index (χ2n) is 5.35. The molecule has 5 heteroatoms. The van der Waals surface area contributed by atoms with Crippen LogP contribution in [0.25, 0.3) is 0 Å². The van der Waals surface area contributed by atoms with Gasteiger partial charge in [-0.05, 0) is 46.6 Å². The van der Waals surface area contributed by atoms with Crippen molar-refractivity contribution in [3.8, 4) is 5.88 Å². The van der Waals surface area contributed by atoms with Gasteiger partial charge in [-0.1, -0.05) is 0 Å². The van der Waals surface area contributed by atoms with Crippen molar-refractivity contribution in [2.24, 2.45) is 0 Å². The van der Waals surface area contributed by atoms with Crippen molar-refractivity contribution in [3.05, 3.63) is 11.8 Å². The molecule has 106 valence electrons. The molecule has 1 fully saturated rings. The molecule has 2 rings (SSSR count). The van der Waals surface area contributed by atoms with Gasteiger partial charge in [-0.2, -0.15) is 4.98 Å². The van der Waals surface area contributed by atoms with Crippen molar-refractivity contribution in [1.29, 1.82) is 0 Å². The third kappa shape index (κ3) is 5.42. The highest BCUT2D eigenvalue weighted by Crippen LogP contribution is 2.18. The molecule has 0 saturated heterocycles. The average Bonchev–Trinajstić information content (AvgIpc) is 3.10. The van der Waals surface area contributed by atoms with Crippen molar-refractivity contribution in [1.82, 2.24) is 15.3 Å². The molecule has 0 spiro atoms. The minimum Gasteiger partial charge on any atom is -0.475 e. The summed E-state index contributed by atoms with van der Waals surface area (Å²) in [6.07, 6.45) is 3.88. The number of aryl methyl sites for hydroxylation is 1. The number of hydrogen-bond acceptors (Lipinski definition) is 5.